The molecule has 1 aromatic carbocycles. The Balaban J connectivity index is 1.42. The van der Waals surface area contributed by atoms with Gasteiger partial charge in [-0.05, 0) is 48.9 Å². The number of aliphatic hydroxyl groups excluding tert-OH is 1. The number of aromatic nitrogens is 1. The molecule has 2 atom stereocenters. The molecule has 1 amide bonds. The van der Waals surface area contributed by atoms with Crippen molar-refractivity contribution < 1.29 is 29.0 Å². The van der Waals surface area contributed by atoms with E-state index in [9.17, 15) is 9.90 Å². The van der Waals surface area contributed by atoms with E-state index >= 15 is 0 Å². The largest absolute Gasteiger partial charge is 0.489 e. The van der Waals surface area contributed by atoms with Gasteiger partial charge in [0, 0.05) is 19.5 Å². The van der Waals surface area contributed by atoms with Crippen LogP contribution in [0.5, 0.6) is 11.6 Å². The molecule has 1 saturated carbocycles. The van der Waals surface area contributed by atoms with Gasteiger partial charge in [-0.25, -0.2) is 4.79 Å². The average Bonchev–Trinajstić information content (AvgIpc) is 3.27. The molecule has 2 fully saturated rings. The summed E-state index contributed by atoms with van der Waals surface area (Å²) in [6.45, 7) is 1.52. The summed E-state index contributed by atoms with van der Waals surface area (Å²) in [5.74, 6) is 1.34. The van der Waals surface area contributed by atoms with Gasteiger partial charge in [-0.2, -0.15) is 0 Å². The number of ether oxygens (including phenoxy) is 2. The number of rotatable bonds is 5. The van der Waals surface area contributed by atoms with E-state index in [1.54, 1.807) is 0 Å². The molecule has 1 aliphatic heterocycles. The third-order valence-electron chi connectivity index (χ3n) is 5.42. The molecule has 1 aliphatic carbocycles. The van der Waals surface area contributed by atoms with Crippen molar-refractivity contribution in [3.05, 3.63) is 18.2 Å². The minimum Gasteiger partial charge on any atom is -0.489 e. The minimum absolute atomic E-state index is 0.0197. The first kappa shape index (κ1) is 17.9. The third-order valence-corrected chi connectivity index (χ3v) is 5.42. The lowest BCUT2D eigenvalue weighted by Gasteiger charge is -2.29. The summed E-state index contributed by atoms with van der Waals surface area (Å²) >= 11 is 0. The van der Waals surface area contributed by atoms with Crippen molar-refractivity contribution in [2.45, 2.75) is 44.3 Å². The zero-order chi connectivity index (χ0) is 18.8. The summed E-state index contributed by atoms with van der Waals surface area (Å²) < 4.78 is 17.4. The first-order valence-electron chi connectivity index (χ1n) is 9.44. The smallest absolute Gasteiger partial charge is 0.407 e. The van der Waals surface area contributed by atoms with Crippen molar-refractivity contribution in [2.75, 3.05) is 19.7 Å². The molecule has 0 spiro atoms. The standard InChI is InChI=1S/C19H24N2O6/c22-13-4-5-14(10-13)26-15-2-1-3-16-17(15)18(20-27-16)25-11-12-6-8-21(9-7-12)19(23)24/h1-3,12-14,22H,4-11H2,(H,23,24)/t13-,14-/m1/s1. The Morgan fingerprint density at radius 3 is 2.78 bits per heavy atom. The van der Waals surface area contributed by atoms with Crippen LogP contribution in [0.1, 0.15) is 32.1 Å². The molecule has 1 aromatic heterocycles. The second kappa shape index (κ2) is 7.64. The first-order chi connectivity index (χ1) is 13.1. The molecule has 1 saturated heterocycles. The molecule has 8 nitrogen and oxygen atoms in total. The van der Waals surface area contributed by atoms with Crippen LogP contribution < -0.4 is 9.47 Å². The molecule has 0 radical (unpaired) electrons. The van der Waals surface area contributed by atoms with Crippen molar-refractivity contribution >= 4 is 17.1 Å². The Kier molecular flexibility index (Phi) is 5.07. The van der Waals surface area contributed by atoms with Crippen molar-refractivity contribution in [3.8, 4) is 11.6 Å². The lowest BCUT2D eigenvalue weighted by atomic mass is 9.98. The summed E-state index contributed by atoms with van der Waals surface area (Å²) in [5.41, 5.74) is 0.599. The lowest BCUT2D eigenvalue weighted by molar-refractivity contribution is 0.110. The predicted molar refractivity (Wildman–Crippen MR) is 96.1 cm³/mol. The van der Waals surface area contributed by atoms with Crippen LogP contribution in [0.25, 0.3) is 11.0 Å². The highest BCUT2D eigenvalue weighted by Gasteiger charge is 2.27. The van der Waals surface area contributed by atoms with Gasteiger partial charge in [0.05, 0.1) is 12.7 Å². The van der Waals surface area contributed by atoms with Crippen molar-refractivity contribution in [2.24, 2.45) is 5.92 Å². The van der Waals surface area contributed by atoms with Crippen molar-refractivity contribution in [1.29, 1.82) is 0 Å². The number of piperidine rings is 1. The Hall–Kier alpha value is -2.48. The fourth-order valence-corrected chi connectivity index (χ4v) is 3.82. The van der Waals surface area contributed by atoms with Gasteiger partial charge in [0.25, 0.3) is 5.88 Å². The topological polar surface area (TPSA) is 105 Å². The minimum atomic E-state index is -0.865. The van der Waals surface area contributed by atoms with Gasteiger partial charge in [0.2, 0.25) is 0 Å². The maximum absolute atomic E-state index is 11.0. The van der Waals surface area contributed by atoms with Crippen LogP contribution in [-0.2, 0) is 0 Å². The normalized spacial score (nSPS) is 23.7. The summed E-state index contributed by atoms with van der Waals surface area (Å²) in [7, 11) is 0. The van der Waals surface area contributed by atoms with Crippen molar-refractivity contribution in [1.82, 2.24) is 10.1 Å². The molecule has 27 heavy (non-hydrogen) atoms. The predicted octanol–water partition coefficient (Wildman–Crippen LogP) is 2.89. The molecule has 146 valence electrons. The van der Waals surface area contributed by atoms with Crippen LogP contribution in [0, 0.1) is 5.92 Å². The van der Waals surface area contributed by atoms with E-state index in [-0.39, 0.29) is 18.1 Å². The second-order valence-electron chi connectivity index (χ2n) is 7.35. The highest BCUT2D eigenvalue weighted by atomic mass is 16.5. The Bertz CT molecular complexity index is 799. The molecule has 0 bridgehead atoms. The van der Waals surface area contributed by atoms with Crippen LogP contribution >= 0.6 is 0 Å². The van der Waals surface area contributed by atoms with Gasteiger partial charge in [0.1, 0.15) is 17.2 Å². The molecule has 8 heteroatoms. The zero-order valence-corrected chi connectivity index (χ0v) is 15.0. The van der Waals surface area contributed by atoms with E-state index in [2.05, 4.69) is 5.16 Å². The Morgan fingerprint density at radius 2 is 2.07 bits per heavy atom. The number of aliphatic hydroxyl groups is 1. The molecule has 4 rings (SSSR count). The van der Waals surface area contributed by atoms with Gasteiger partial charge in [-0.15, -0.1) is 0 Å². The van der Waals surface area contributed by atoms with Gasteiger partial charge in [-0.1, -0.05) is 6.07 Å². The van der Waals surface area contributed by atoms with Gasteiger partial charge in [-0.3, -0.25) is 0 Å². The van der Waals surface area contributed by atoms with E-state index in [1.165, 1.54) is 4.90 Å². The number of nitrogens with zero attached hydrogens (tertiary/aromatic N) is 2. The van der Waals surface area contributed by atoms with Crippen LogP contribution in [0.4, 0.5) is 4.79 Å². The maximum atomic E-state index is 11.0. The Labute approximate surface area is 156 Å². The maximum Gasteiger partial charge on any atom is 0.407 e. The molecule has 2 aromatic rings. The quantitative estimate of drug-likeness (QED) is 0.826. The van der Waals surface area contributed by atoms with Crippen LogP contribution in [0.3, 0.4) is 0 Å². The van der Waals surface area contributed by atoms with Gasteiger partial charge in [0.15, 0.2) is 5.58 Å². The molecule has 0 unspecified atom stereocenters. The number of carboxylic acid groups (broad SMARTS) is 1. The molecular weight excluding hydrogens is 352 g/mol. The van der Waals surface area contributed by atoms with E-state index in [0.717, 1.165) is 25.7 Å². The molecule has 2 aliphatic rings. The lowest BCUT2D eigenvalue weighted by Crippen LogP contribution is -2.38. The highest BCUT2D eigenvalue weighted by molar-refractivity contribution is 5.88. The fraction of sp³-hybridized carbons (Fsp3) is 0.579. The van der Waals surface area contributed by atoms with Gasteiger partial charge < -0.3 is 29.1 Å². The summed E-state index contributed by atoms with van der Waals surface area (Å²) in [6.07, 6.45) is 2.55. The third kappa shape index (κ3) is 3.95. The fourth-order valence-electron chi connectivity index (χ4n) is 3.82. The van der Waals surface area contributed by atoms with E-state index in [0.29, 0.717) is 48.7 Å². The summed E-state index contributed by atoms with van der Waals surface area (Å²) in [4.78, 5) is 12.4. The first-order valence-corrected chi connectivity index (χ1v) is 9.44. The van der Waals surface area contributed by atoms with E-state index in [4.69, 9.17) is 19.1 Å². The number of benzene rings is 1. The van der Waals surface area contributed by atoms with Crippen LogP contribution in [0.15, 0.2) is 22.7 Å². The average molecular weight is 376 g/mol. The summed E-state index contributed by atoms with van der Waals surface area (Å²) in [5, 5.41) is 23.5. The van der Waals surface area contributed by atoms with Crippen LogP contribution in [-0.4, -0.2) is 58.3 Å². The Morgan fingerprint density at radius 1 is 1.26 bits per heavy atom. The SMILES string of the molecule is O=C(O)N1CCC(COc2noc3cccc(O[C@@H]4CC[C@@H](O)C4)c23)CC1. The molecular formula is C19H24N2O6. The number of likely N-dealkylation sites (tertiary alicyclic amines) is 1. The zero-order valence-electron chi connectivity index (χ0n) is 15.0. The second-order valence-corrected chi connectivity index (χ2v) is 7.35. The highest BCUT2D eigenvalue weighted by Crippen LogP contribution is 2.36. The van der Waals surface area contributed by atoms with Crippen molar-refractivity contribution in [3.63, 3.8) is 0 Å². The van der Waals surface area contributed by atoms with E-state index in [1.807, 2.05) is 18.2 Å². The monoisotopic (exact) mass is 376 g/mol. The van der Waals surface area contributed by atoms with Gasteiger partial charge >= 0.3 is 6.09 Å². The number of amides is 1. The number of hydrogen-bond acceptors (Lipinski definition) is 6. The summed E-state index contributed by atoms with van der Waals surface area (Å²) in [6, 6.07) is 5.53. The number of fused-ring (bicyclic) bond motifs is 1. The number of carbonyl (C=O) groups is 1. The van der Waals surface area contributed by atoms with E-state index < -0.39 is 6.09 Å². The molecule has 2 N–H and O–H groups in total. The number of hydrogen-bond donors (Lipinski definition) is 2. The molecule has 2 heterocycles. The van der Waals surface area contributed by atoms with Crippen LogP contribution in [0.2, 0.25) is 0 Å².